The molecule has 1 heterocycles. The number of hydrogen-bond donors (Lipinski definition) is 0. The van der Waals surface area contributed by atoms with E-state index < -0.39 is 11.6 Å². The van der Waals surface area contributed by atoms with Crippen LogP contribution in [0.4, 0.5) is 8.78 Å². The fourth-order valence-electron chi connectivity index (χ4n) is 3.93. The Morgan fingerprint density at radius 1 is 1.19 bits per heavy atom. The lowest BCUT2D eigenvalue weighted by Gasteiger charge is -2.37. The molecular weight excluding hydrogens is 272 g/mol. The van der Waals surface area contributed by atoms with Crippen LogP contribution in [-0.2, 0) is 0 Å². The molecular formula is C17H21F2NO. The minimum atomic E-state index is -1.01. The van der Waals surface area contributed by atoms with Gasteiger partial charge >= 0.3 is 0 Å². The molecule has 3 rings (SSSR count). The van der Waals surface area contributed by atoms with Crippen molar-refractivity contribution < 1.29 is 13.6 Å². The van der Waals surface area contributed by atoms with E-state index in [0.29, 0.717) is 12.6 Å². The number of nitrogens with zero attached hydrogens (tertiary/aromatic N) is 1. The third-order valence-electron chi connectivity index (χ3n) is 4.99. The van der Waals surface area contributed by atoms with Gasteiger partial charge in [0.25, 0.3) is 0 Å². The first-order valence-corrected chi connectivity index (χ1v) is 7.88. The molecule has 0 aromatic heterocycles. The lowest BCUT2D eigenvalue weighted by molar-refractivity contribution is 0.0871. The van der Waals surface area contributed by atoms with E-state index in [-0.39, 0.29) is 17.8 Å². The highest BCUT2D eigenvalue weighted by atomic mass is 19.2. The largest absolute Gasteiger partial charge is 0.300 e. The van der Waals surface area contributed by atoms with E-state index in [1.54, 1.807) is 0 Å². The van der Waals surface area contributed by atoms with Crippen molar-refractivity contribution in [3.63, 3.8) is 0 Å². The van der Waals surface area contributed by atoms with Crippen LogP contribution in [-0.4, -0.2) is 29.8 Å². The van der Waals surface area contributed by atoms with Crippen molar-refractivity contribution in [2.24, 2.45) is 5.92 Å². The number of hydrogen-bond acceptors (Lipinski definition) is 2. The molecule has 0 radical (unpaired) electrons. The number of ketones is 1. The predicted octanol–water partition coefficient (Wildman–Crippen LogP) is 3.80. The van der Waals surface area contributed by atoms with Crippen LogP contribution in [0.3, 0.4) is 0 Å². The highest BCUT2D eigenvalue weighted by molar-refractivity contribution is 5.96. The molecule has 1 aromatic carbocycles. The number of likely N-dealkylation sites (tertiary alicyclic amines) is 1. The molecule has 1 aromatic rings. The number of halogens is 2. The Hall–Kier alpha value is -1.29. The summed E-state index contributed by atoms with van der Waals surface area (Å²) in [5, 5.41) is 0. The second kappa shape index (κ2) is 6.22. The molecule has 1 saturated heterocycles. The maximum absolute atomic E-state index is 13.6. The lowest BCUT2D eigenvalue weighted by atomic mass is 9.91. The average molecular weight is 293 g/mol. The number of benzene rings is 1. The topological polar surface area (TPSA) is 20.3 Å². The fourth-order valence-corrected chi connectivity index (χ4v) is 3.93. The summed E-state index contributed by atoms with van der Waals surface area (Å²) >= 11 is 0. The second-order valence-corrected chi connectivity index (χ2v) is 6.21. The summed E-state index contributed by atoms with van der Waals surface area (Å²) in [6, 6.07) is 4.40. The normalized spacial score (nSPS) is 25.8. The molecule has 114 valence electrons. The van der Waals surface area contributed by atoms with Gasteiger partial charge in [-0.15, -0.1) is 0 Å². The van der Waals surface area contributed by atoms with Gasteiger partial charge in [0, 0.05) is 19.0 Å². The zero-order valence-corrected chi connectivity index (χ0v) is 12.2. The number of carbonyl (C=O) groups is 1. The maximum atomic E-state index is 13.6. The molecule has 2 atom stereocenters. The van der Waals surface area contributed by atoms with E-state index in [4.69, 9.17) is 0 Å². The van der Waals surface area contributed by atoms with Crippen LogP contribution in [0.15, 0.2) is 18.2 Å². The first-order valence-electron chi connectivity index (χ1n) is 7.88. The molecule has 0 spiro atoms. The van der Waals surface area contributed by atoms with Crippen molar-refractivity contribution in [1.82, 2.24) is 4.90 Å². The van der Waals surface area contributed by atoms with Crippen LogP contribution in [0.25, 0.3) is 0 Å². The third kappa shape index (κ3) is 3.00. The summed E-state index contributed by atoms with van der Waals surface area (Å²) in [7, 11) is 0. The van der Waals surface area contributed by atoms with Crippen LogP contribution in [0, 0.1) is 17.6 Å². The zero-order valence-electron chi connectivity index (χ0n) is 12.2. The molecule has 2 fully saturated rings. The lowest BCUT2D eigenvalue weighted by Crippen LogP contribution is -2.43. The van der Waals surface area contributed by atoms with Gasteiger partial charge in [-0.3, -0.25) is 9.69 Å². The fraction of sp³-hybridized carbons (Fsp3) is 0.588. The van der Waals surface area contributed by atoms with E-state index >= 15 is 0 Å². The molecule has 2 nitrogen and oxygen atoms in total. The predicted molar refractivity (Wildman–Crippen MR) is 77.2 cm³/mol. The average Bonchev–Trinajstić information content (AvgIpc) is 2.96. The molecule has 1 saturated carbocycles. The van der Waals surface area contributed by atoms with E-state index in [2.05, 4.69) is 4.90 Å². The Bertz CT molecular complexity index is 532. The van der Waals surface area contributed by atoms with Crippen LogP contribution in [0.5, 0.6) is 0 Å². The molecule has 1 aliphatic heterocycles. The monoisotopic (exact) mass is 293 g/mol. The van der Waals surface area contributed by atoms with Crippen molar-refractivity contribution in [2.75, 3.05) is 13.1 Å². The van der Waals surface area contributed by atoms with E-state index in [9.17, 15) is 13.6 Å². The van der Waals surface area contributed by atoms with Crippen molar-refractivity contribution in [2.45, 2.75) is 44.6 Å². The van der Waals surface area contributed by atoms with Gasteiger partial charge in [-0.1, -0.05) is 12.5 Å². The summed E-state index contributed by atoms with van der Waals surface area (Å²) in [5.74, 6) is -1.48. The number of carbonyl (C=O) groups excluding carboxylic acids is 1. The molecule has 2 aliphatic rings. The first kappa shape index (κ1) is 14.6. The summed E-state index contributed by atoms with van der Waals surface area (Å²) in [6.45, 7) is 1.69. The Kier molecular flexibility index (Phi) is 4.34. The van der Waals surface area contributed by atoms with Gasteiger partial charge in [-0.25, -0.2) is 8.78 Å². The summed E-state index contributed by atoms with van der Waals surface area (Å²) in [4.78, 5) is 14.5. The molecule has 0 N–H and O–H groups in total. The summed E-state index contributed by atoms with van der Waals surface area (Å²) in [5.41, 5.74) is -0.116. The summed E-state index contributed by atoms with van der Waals surface area (Å²) in [6.07, 6.45) is 6.54. The zero-order chi connectivity index (χ0) is 14.8. The molecule has 4 heteroatoms. The highest BCUT2D eigenvalue weighted by Crippen LogP contribution is 2.36. The molecule has 0 bridgehead atoms. The minimum absolute atomic E-state index is 0.116. The van der Waals surface area contributed by atoms with Crippen molar-refractivity contribution in [3.05, 3.63) is 35.4 Å². The molecule has 21 heavy (non-hydrogen) atoms. The number of rotatable bonds is 4. The smallest absolute Gasteiger partial charge is 0.169 e. The van der Waals surface area contributed by atoms with Crippen LogP contribution in [0.2, 0.25) is 0 Å². The Morgan fingerprint density at radius 2 is 2.00 bits per heavy atom. The Balaban J connectivity index is 1.62. The molecule has 2 unspecified atom stereocenters. The Morgan fingerprint density at radius 3 is 2.86 bits per heavy atom. The van der Waals surface area contributed by atoms with Gasteiger partial charge in [-0.2, -0.15) is 0 Å². The maximum Gasteiger partial charge on any atom is 0.169 e. The number of fused-ring (bicyclic) bond motifs is 1. The van der Waals surface area contributed by atoms with Gasteiger partial charge in [0.05, 0.1) is 5.56 Å². The van der Waals surface area contributed by atoms with E-state index in [1.807, 2.05) is 0 Å². The standard InChI is InChI=1S/C17H21F2NO/c18-14-7-2-6-13(17(14)19)16(21)9-11-20-10-3-5-12-4-1-8-15(12)20/h2,6-7,12,15H,1,3-5,8-11H2. The second-order valence-electron chi connectivity index (χ2n) is 6.21. The van der Waals surface area contributed by atoms with E-state index in [1.165, 1.54) is 44.2 Å². The SMILES string of the molecule is O=C(CCN1CCCC2CCCC21)c1cccc(F)c1F. The minimum Gasteiger partial charge on any atom is -0.300 e. The van der Waals surface area contributed by atoms with E-state index in [0.717, 1.165) is 18.5 Å². The van der Waals surface area contributed by atoms with Crippen LogP contribution < -0.4 is 0 Å². The molecule has 0 amide bonds. The van der Waals surface area contributed by atoms with Gasteiger partial charge in [0.1, 0.15) is 0 Å². The number of piperidine rings is 1. The van der Waals surface area contributed by atoms with Gasteiger partial charge < -0.3 is 0 Å². The Labute approximate surface area is 124 Å². The van der Waals surface area contributed by atoms with Crippen LogP contribution in [0.1, 0.15) is 48.9 Å². The summed E-state index contributed by atoms with van der Waals surface area (Å²) < 4.78 is 26.8. The van der Waals surface area contributed by atoms with Crippen molar-refractivity contribution in [3.8, 4) is 0 Å². The van der Waals surface area contributed by atoms with Crippen molar-refractivity contribution >= 4 is 5.78 Å². The van der Waals surface area contributed by atoms with Crippen molar-refractivity contribution in [1.29, 1.82) is 0 Å². The highest BCUT2D eigenvalue weighted by Gasteiger charge is 2.34. The van der Waals surface area contributed by atoms with Gasteiger partial charge in [-0.05, 0) is 50.3 Å². The van der Waals surface area contributed by atoms with Gasteiger partial charge in [0.2, 0.25) is 0 Å². The number of Topliss-reactive ketones (excluding diaryl/α,β-unsaturated/α-hetero) is 1. The molecule has 1 aliphatic carbocycles. The van der Waals surface area contributed by atoms with Crippen LogP contribution >= 0.6 is 0 Å². The third-order valence-corrected chi connectivity index (χ3v) is 4.99. The van der Waals surface area contributed by atoms with Gasteiger partial charge in [0.15, 0.2) is 17.4 Å². The first-order chi connectivity index (χ1) is 10.2. The quantitative estimate of drug-likeness (QED) is 0.787.